The number of nitrogens with one attached hydrogen (secondary N) is 3. The highest BCUT2D eigenvalue weighted by atomic mass is 16.5. The largest absolute Gasteiger partial charge is 0.388 e. The van der Waals surface area contributed by atoms with Gasteiger partial charge in [-0.05, 0) is 12.8 Å². The van der Waals surface area contributed by atoms with Gasteiger partial charge in [0.2, 0.25) is 17.8 Å². The summed E-state index contributed by atoms with van der Waals surface area (Å²) in [7, 11) is 0. The van der Waals surface area contributed by atoms with Crippen molar-refractivity contribution in [2.75, 3.05) is 11.5 Å². The number of carbonyl (C=O) groups excluding carboxylic acids is 2. The van der Waals surface area contributed by atoms with Gasteiger partial charge >= 0.3 is 0 Å². The molecule has 3 aliphatic rings. The fourth-order valence-corrected chi connectivity index (χ4v) is 6.02. The van der Waals surface area contributed by atoms with Crippen molar-refractivity contribution < 1.29 is 29.3 Å². The minimum absolute atomic E-state index is 0.00644. The fraction of sp³-hybridized carbons (Fsp3) is 0.500. The van der Waals surface area contributed by atoms with Crippen LogP contribution >= 0.6 is 0 Å². The van der Waals surface area contributed by atoms with Gasteiger partial charge in [-0.3, -0.25) is 28.5 Å². The summed E-state index contributed by atoms with van der Waals surface area (Å²) in [5, 5.41) is 28.1. The van der Waals surface area contributed by atoms with Crippen LogP contribution in [-0.2, 0) is 19.1 Å². The maximum absolute atomic E-state index is 13.2. The van der Waals surface area contributed by atoms with E-state index in [9.17, 15) is 24.6 Å². The van der Waals surface area contributed by atoms with Crippen LogP contribution in [-0.4, -0.2) is 97.6 Å². The lowest BCUT2D eigenvalue weighted by molar-refractivity contribution is -0.124. The van der Waals surface area contributed by atoms with Gasteiger partial charge in [0.1, 0.15) is 30.1 Å². The Morgan fingerprint density at radius 3 is 2.21 bits per heavy atom. The van der Waals surface area contributed by atoms with Crippen LogP contribution in [0.1, 0.15) is 38.1 Å². The molecule has 0 aromatic carbocycles. The number of nitrogens with two attached hydrogens (primary N) is 2. The van der Waals surface area contributed by atoms with Crippen LogP contribution in [0.5, 0.6) is 0 Å². The monoisotopic (exact) mass is 596 g/mol. The molecule has 0 saturated carbocycles. The van der Waals surface area contributed by atoms with Gasteiger partial charge in [0, 0.05) is 12.8 Å². The van der Waals surface area contributed by atoms with Gasteiger partial charge in [-0.25, -0.2) is 19.9 Å². The summed E-state index contributed by atoms with van der Waals surface area (Å²) in [6.07, 6.45) is -1.95. The van der Waals surface area contributed by atoms with E-state index < -0.39 is 66.3 Å². The molecule has 7 heterocycles. The molecule has 4 aromatic rings. The molecule has 7 rings (SSSR count). The Bertz CT molecular complexity index is 1790. The molecule has 2 unspecified atom stereocenters. The van der Waals surface area contributed by atoms with Crippen LogP contribution in [0.25, 0.3) is 22.3 Å². The van der Waals surface area contributed by atoms with Crippen molar-refractivity contribution in [2.45, 2.75) is 74.6 Å². The van der Waals surface area contributed by atoms with Crippen LogP contribution in [0.4, 0.5) is 11.8 Å². The van der Waals surface area contributed by atoms with E-state index in [1.165, 1.54) is 28.1 Å². The lowest BCUT2D eigenvalue weighted by Gasteiger charge is -2.24. The summed E-state index contributed by atoms with van der Waals surface area (Å²) >= 11 is 0. The van der Waals surface area contributed by atoms with Gasteiger partial charge in [0.15, 0.2) is 35.1 Å². The quantitative estimate of drug-likeness (QED) is 0.123. The number of H-pyrrole nitrogens is 1. The van der Waals surface area contributed by atoms with Crippen LogP contribution in [0.15, 0.2) is 23.8 Å². The maximum Gasteiger partial charge on any atom is 0.280 e. The molecule has 19 heteroatoms. The van der Waals surface area contributed by atoms with Crippen molar-refractivity contribution in [3.05, 3.63) is 29.3 Å². The third kappa shape index (κ3) is 4.52. The number of amides is 2. The molecule has 3 fully saturated rings. The molecule has 226 valence electrons. The van der Waals surface area contributed by atoms with Gasteiger partial charge in [0.05, 0.1) is 30.9 Å². The van der Waals surface area contributed by atoms with E-state index in [-0.39, 0.29) is 48.6 Å². The number of anilines is 2. The number of aliphatic hydroxyl groups is 2. The van der Waals surface area contributed by atoms with Crippen molar-refractivity contribution in [3.8, 4) is 0 Å². The predicted molar refractivity (Wildman–Crippen MR) is 144 cm³/mol. The number of carbonyl (C=O) groups is 2. The third-order valence-electron chi connectivity index (χ3n) is 8.10. The normalized spacial score (nSPS) is 31.7. The van der Waals surface area contributed by atoms with E-state index in [2.05, 4.69) is 40.5 Å². The van der Waals surface area contributed by atoms with Crippen molar-refractivity contribution >= 4 is 45.9 Å². The molecule has 9 N–H and O–H groups in total. The zero-order chi connectivity index (χ0) is 30.0. The van der Waals surface area contributed by atoms with E-state index in [4.69, 9.17) is 20.9 Å². The van der Waals surface area contributed by atoms with Crippen LogP contribution < -0.4 is 27.7 Å². The van der Waals surface area contributed by atoms with E-state index in [1.807, 2.05) is 0 Å². The van der Waals surface area contributed by atoms with E-state index in [0.29, 0.717) is 11.2 Å². The number of hydrogen-bond acceptors (Lipinski definition) is 14. The number of aliphatic hydroxyl groups excluding tert-OH is 2. The average molecular weight is 597 g/mol. The van der Waals surface area contributed by atoms with Gasteiger partial charge in [-0.15, -0.1) is 0 Å². The van der Waals surface area contributed by atoms with Crippen molar-refractivity contribution in [1.82, 2.24) is 49.7 Å². The number of rotatable bonds is 2. The first-order chi connectivity index (χ1) is 20.7. The smallest absolute Gasteiger partial charge is 0.280 e. The highest BCUT2D eigenvalue weighted by Crippen LogP contribution is 2.36. The van der Waals surface area contributed by atoms with E-state index in [0.717, 1.165) is 0 Å². The van der Waals surface area contributed by atoms with Crippen molar-refractivity contribution in [1.29, 1.82) is 0 Å². The zero-order valence-electron chi connectivity index (χ0n) is 22.4. The molecule has 43 heavy (non-hydrogen) atoms. The molecule has 4 aromatic heterocycles. The molecule has 0 aliphatic carbocycles. The van der Waals surface area contributed by atoms with Crippen molar-refractivity contribution in [2.24, 2.45) is 0 Å². The maximum atomic E-state index is 13.2. The number of aromatic amines is 1. The minimum atomic E-state index is -1.21. The molecule has 0 spiro atoms. The number of imidazole rings is 2. The topological polar surface area (TPSA) is 276 Å². The highest BCUT2D eigenvalue weighted by Gasteiger charge is 2.49. The Balaban J connectivity index is 1.16. The van der Waals surface area contributed by atoms with Gasteiger partial charge in [-0.2, -0.15) is 4.98 Å². The standard InChI is InChI=1S/C24H28N12O7/c25-18-14-19(28-5-27-18)35(6-29-14)23-17(40)12-8(42-23)1-3-11(38)32-13-16(39)9(2-4-10(37)31-12)43-22(13)36-7-30-15-20(36)33-24(26)34-21(15)41/h5-9,12-13,16-17,22-23,39-40H,1-4H2,(H,31,37)(H,32,38)(H2,25,27,28)(H3,26,33,34,41)/t8-,9-,12+,13+,16?,17?,22-,23-/m1/s1. The number of ether oxygens (including phenoxy) is 2. The molecular weight excluding hydrogens is 568 g/mol. The number of hydrogen-bond donors (Lipinski definition) is 7. The summed E-state index contributed by atoms with van der Waals surface area (Å²) in [6.45, 7) is 0. The number of nitrogen functional groups attached to an aromatic ring is 2. The lowest BCUT2D eigenvalue weighted by Crippen LogP contribution is -2.47. The molecular formula is C24H28N12O7. The second kappa shape index (κ2) is 10.2. The Hall–Kier alpha value is -4.72. The van der Waals surface area contributed by atoms with Crippen LogP contribution in [0.2, 0.25) is 0 Å². The molecule has 19 nitrogen and oxygen atoms in total. The minimum Gasteiger partial charge on any atom is -0.388 e. The average Bonchev–Trinajstić information content (AvgIpc) is 3.72. The fourth-order valence-electron chi connectivity index (χ4n) is 6.02. The van der Waals surface area contributed by atoms with Gasteiger partial charge < -0.3 is 41.8 Å². The second-order valence-corrected chi connectivity index (χ2v) is 10.7. The lowest BCUT2D eigenvalue weighted by atomic mass is 10.0. The number of fused-ring (bicyclic) bond motifs is 5. The van der Waals surface area contributed by atoms with Crippen LogP contribution in [0.3, 0.4) is 0 Å². The molecule has 2 amide bonds. The first-order valence-electron chi connectivity index (χ1n) is 13.6. The third-order valence-corrected chi connectivity index (χ3v) is 8.10. The first kappa shape index (κ1) is 27.1. The van der Waals surface area contributed by atoms with Gasteiger partial charge in [-0.1, -0.05) is 0 Å². The Kier molecular flexibility index (Phi) is 6.45. The number of aromatic nitrogens is 8. The molecule has 3 saturated heterocycles. The molecule has 0 radical (unpaired) electrons. The van der Waals surface area contributed by atoms with Crippen LogP contribution in [0, 0.1) is 0 Å². The van der Waals surface area contributed by atoms with Crippen molar-refractivity contribution in [3.63, 3.8) is 0 Å². The summed E-state index contributed by atoms with van der Waals surface area (Å²) < 4.78 is 15.2. The zero-order valence-corrected chi connectivity index (χ0v) is 22.4. The van der Waals surface area contributed by atoms with Gasteiger partial charge in [0.25, 0.3) is 5.56 Å². The molecule has 3 aliphatic heterocycles. The van der Waals surface area contributed by atoms with E-state index in [1.54, 1.807) is 0 Å². The Labute approximate surface area is 240 Å². The SMILES string of the molecule is Nc1nc2c(ncn2[C@@H]2O[C@@H]3CCC(=O)N[C@@H]4C(O)[C@H](n5cnc6c(N)ncnc65)O[C@@H]4CCC(=O)N[C@H]2C3O)c(=O)[nH]1. The summed E-state index contributed by atoms with van der Waals surface area (Å²) in [6, 6.07) is -1.83. The highest BCUT2D eigenvalue weighted by molar-refractivity contribution is 5.81. The Morgan fingerprint density at radius 2 is 1.44 bits per heavy atom. The predicted octanol–water partition coefficient (Wildman–Crippen LogP) is -2.82. The molecule has 8 atom stereocenters. The summed E-state index contributed by atoms with van der Waals surface area (Å²) in [4.78, 5) is 61.6. The van der Waals surface area contributed by atoms with E-state index >= 15 is 0 Å². The second-order valence-electron chi connectivity index (χ2n) is 10.7. The summed E-state index contributed by atoms with van der Waals surface area (Å²) in [5.74, 6) is -0.827. The molecule has 2 bridgehead atoms. The Morgan fingerprint density at radius 1 is 0.791 bits per heavy atom. The summed E-state index contributed by atoms with van der Waals surface area (Å²) in [5.41, 5.74) is 11.9. The number of nitrogens with zero attached hydrogens (tertiary/aromatic N) is 7. The first-order valence-corrected chi connectivity index (χ1v) is 13.6.